The van der Waals surface area contributed by atoms with Crippen molar-refractivity contribution in [1.82, 2.24) is 20.3 Å². The smallest absolute Gasteiger partial charge is 0.387 e. The molecular formula is C18H14F4N4O3. The number of hydrogen-bond donors (Lipinski definition) is 1. The summed E-state index contributed by atoms with van der Waals surface area (Å²) in [6, 6.07) is 3.48. The van der Waals surface area contributed by atoms with E-state index in [2.05, 4.69) is 29.7 Å². The van der Waals surface area contributed by atoms with E-state index in [-0.39, 0.29) is 28.9 Å². The second-order valence-corrected chi connectivity index (χ2v) is 5.78. The Morgan fingerprint density at radius 1 is 1.10 bits per heavy atom. The lowest BCUT2D eigenvalue weighted by atomic mass is 10.1. The molecule has 1 amide bonds. The van der Waals surface area contributed by atoms with E-state index >= 15 is 0 Å². The monoisotopic (exact) mass is 410 g/mol. The van der Waals surface area contributed by atoms with Crippen molar-refractivity contribution in [3.8, 4) is 11.5 Å². The maximum atomic E-state index is 12.8. The zero-order valence-corrected chi connectivity index (χ0v) is 14.9. The van der Waals surface area contributed by atoms with E-state index in [1.807, 2.05) is 0 Å². The van der Waals surface area contributed by atoms with E-state index in [1.165, 1.54) is 30.7 Å². The zero-order chi connectivity index (χ0) is 21.0. The number of hydrogen-bond acceptors (Lipinski definition) is 6. The molecule has 1 N–H and O–H groups in total. The quantitative estimate of drug-likeness (QED) is 0.601. The summed E-state index contributed by atoms with van der Waals surface area (Å²) in [6.45, 7) is -4.73. The summed E-state index contributed by atoms with van der Waals surface area (Å²) < 4.78 is 59.3. The molecule has 152 valence electrons. The van der Waals surface area contributed by atoms with Crippen molar-refractivity contribution in [2.75, 3.05) is 0 Å². The summed E-state index contributed by atoms with van der Waals surface area (Å²) in [5, 5.41) is 2.81. The van der Waals surface area contributed by atoms with Gasteiger partial charge in [0.25, 0.3) is 5.91 Å². The Kier molecular flexibility index (Phi) is 6.05. The molecule has 0 fully saturated rings. The molecule has 0 spiro atoms. The standard InChI is InChI=1S/C18H14F4N4O3/c1-9-4-13(16(27)25-8-10-7-23-2-3-24-10)26-15-12(9)5-11(28-17(19)20)6-14(15)29-18(21)22/h2-7,17-18H,8H2,1H3,(H,25,27). The van der Waals surface area contributed by atoms with Crippen LogP contribution in [-0.2, 0) is 6.54 Å². The number of carbonyl (C=O) groups excluding carboxylic acids is 1. The van der Waals surface area contributed by atoms with Gasteiger partial charge >= 0.3 is 13.2 Å². The maximum absolute atomic E-state index is 12.8. The van der Waals surface area contributed by atoms with Crippen LogP contribution in [0.1, 0.15) is 21.7 Å². The van der Waals surface area contributed by atoms with Gasteiger partial charge < -0.3 is 14.8 Å². The van der Waals surface area contributed by atoms with E-state index in [1.54, 1.807) is 6.92 Å². The number of carbonyl (C=O) groups is 1. The summed E-state index contributed by atoms with van der Waals surface area (Å²) in [6.07, 6.45) is 4.42. The zero-order valence-electron chi connectivity index (χ0n) is 14.9. The summed E-state index contributed by atoms with van der Waals surface area (Å²) in [7, 11) is 0. The van der Waals surface area contributed by atoms with Crippen LogP contribution in [0.2, 0.25) is 0 Å². The number of halogens is 4. The molecule has 11 heteroatoms. The lowest BCUT2D eigenvalue weighted by Gasteiger charge is -2.14. The highest BCUT2D eigenvalue weighted by molar-refractivity contribution is 5.97. The molecular weight excluding hydrogens is 396 g/mol. The number of ether oxygens (including phenoxy) is 2. The fourth-order valence-electron chi connectivity index (χ4n) is 2.59. The first-order chi connectivity index (χ1) is 13.8. The molecule has 0 aliphatic carbocycles. The van der Waals surface area contributed by atoms with Gasteiger partial charge in [0.05, 0.1) is 18.4 Å². The molecule has 7 nitrogen and oxygen atoms in total. The Hall–Kier alpha value is -3.50. The van der Waals surface area contributed by atoms with Crippen molar-refractivity contribution in [3.63, 3.8) is 0 Å². The minimum Gasteiger partial charge on any atom is -0.435 e. The normalized spacial score (nSPS) is 11.1. The molecule has 0 atom stereocenters. The van der Waals surface area contributed by atoms with E-state index in [4.69, 9.17) is 0 Å². The Bertz CT molecular complexity index is 1020. The number of benzene rings is 1. The average Bonchev–Trinajstić information content (AvgIpc) is 2.66. The molecule has 0 radical (unpaired) electrons. The molecule has 1 aromatic carbocycles. The van der Waals surface area contributed by atoms with Crippen LogP contribution >= 0.6 is 0 Å². The maximum Gasteiger partial charge on any atom is 0.387 e. The first-order valence-corrected chi connectivity index (χ1v) is 8.21. The van der Waals surface area contributed by atoms with Gasteiger partial charge in [0.2, 0.25) is 0 Å². The van der Waals surface area contributed by atoms with Crippen molar-refractivity contribution >= 4 is 16.8 Å². The van der Waals surface area contributed by atoms with Crippen molar-refractivity contribution < 1.29 is 31.8 Å². The molecule has 2 aromatic heterocycles. The summed E-state index contributed by atoms with van der Waals surface area (Å²) in [5.41, 5.74) is 0.782. The minimum absolute atomic E-state index is 0.0689. The number of amides is 1. The van der Waals surface area contributed by atoms with Crippen LogP contribution in [0, 0.1) is 6.92 Å². The van der Waals surface area contributed by atoms with Gasteiger partial charge in [0.15, 0.2) is 5.75 Å². The average molecular weight is 410 g/mol. The van der Waals surface area contributed by atoms with E-state index in [0.29, 0.717) is 11.3 Å². The molecule has 0 unspecified atom stereocenters. The number of aryl methyl sites for hydroxylation is 1. The number of pyridine rings is 1. The van der Waals surface area contributed by atoms with Crippen molar-refractivity contribution in [1.29, 1.82) is 0 Å². The predicted molar refractivity (Wildman–Crippen MR) is 92.9 cm³/mol. The van der Waals surface area contributed by atoms with Crippen LogP contribution in [0.4, 0.5) is 17.6 Å². The topological polar surface area (TPSA) is 86.2 Å². The number of rotatable bonds is 7. The number of fused-ring (bicyclic) bond motifs is 1. The highest BCUT2D eigenvalue weighted by Crippen LogP contribution is 2.34. The Morgan fingerprint density at radius 3 is 2.52 bits per heavy atom. The van der Waals surface area contributed by atoms with E-state index < -0.39 is 24.9 Å². The number of nitrogens with zero attached hydrogens (tertiary/aromatic N) is 3. The third-order valence-corrected chi connectivity index (χ3v) is 3.78. The van der Waals surface area contributed by atoms with Gasteiger partial charge in [0.1, 0.15) is 17.0 Å². The van der Waals surface area contributed by atoms with Crippen molar-refractivity contribution in [3.05, 3.63) is 53.7 Å². The number of aromatic nitrogens is 3. The predicted octanol–water partition coefficient (Wildman–Crippen LogP) is 3.47. The van der Waals surface area contributed by atoms with Crippen LogP contribution in [0.3, 0.4) is 0 Å². The summed E-state index contributed by atoms with van der Waals surface area (Å²) in [5.74, 6) is -1.44. The molecule has 3 rings (SSSR count). The van der Waals surface area contributed by atoms with Crippen LogP contribution in [0.15, 0.2) is 36.8 Å². The van der Waals surface area contributed by atoms with Crippen LogP contribution in [0.5, 0.6) is 11.5 Å². The first kappa shape index (κ1) is 20.2. The highest BCUT2D eigenvalue weighted by Gasteiger charge is 2.18. The van der Waals surface area contributed by atoms with Gasteiger partial charge in [-0.2, -0.15) is 17.6 Å². The van der Waals surface area contributed by atoms with Crippen molar-refractivity contribution in [2.45, 2.75) is 26.7 Å². The molecule has 0 aliphatic heterocycles. The Labute approximate surface area is 161 Å². The third-order valence-electron chi connectivity index (χ3n) is 3.78. The molecule has 0 bridgehead atoms. The van der Waals surface area contributed by atoms with Crippen LogP contribution < -0.4 is 14.8 Å². The first-order valence-electron chi connectivity index (χ1n) is 8.21. The summed E-state index contributed by atoms with van der Waals surface area (Å²) >= 11 is 0. The highest BCUT2D eigenvalue weighted by atomic mass is 19.3. The van der Waals surface area contributed by atoms with Gasteiger partial charge in [-0.3, -0.25) is 14.8 Å². The fraction of sp³-hybridized carbons (Fsp3) is 0.222. The fourth-order valence-corrected chi connectivity index (χ4v) is 2.59. The number of alkyl halides is 4. The van der Waals surface area contributed by atoms with Gasteiger partial charge in [-0.25, -0.2) is 4.98 Å². The number of nitrogens with one attached hydrogen (secondary N) is 1. The molecule has 2 heterocycles. The molecule has 0 saturated heterocycles. The van der Waals surface area contributed by atoms with E-state index in [0.717, 1.165) is 6.07 Å². The van der Waals surface area contributed by atoms with Crippen LogP contribution in [-0.4, -0.2) is 34.1 Å². The second-order valence-electron chi connectivity index (χ2n) is 5.78. The SMILES string of the molecule is Cc1cc(C(=O)NCc2cnccn2)nc2c(OC(F)F)cc(OC(F)F)cc12. The van der Waals surface area contributed by atoms with Crippen molar-refractivity contribution in [2.24, 2.45) is 0 Å². The third kappa shape index (κ3) is 5.06. The van der Waals surface area contributed by atoms with Crippen LogP contribution in [0.25, 0.3) is 10.9 Å². The van der Waals surface area contributed by atoms with Gasteiger partial charge in [0, 0.05) is 23.8 Å². The molecule has 0 aliphatic rings. The van der Waals surface area contributed by atoms with E-state index in [9.17, 15) is 22.4 Å². The Morgan fingerprint density at radius 2 is 1.86 bits per heavy atom. The lowest BCUT2D eigenvalue weighted by molar-refractivity contribution is -0.0536. The molecule has 29 heavy (non-hydrogen) atoms. The largest absolute Gasteiger partial charge is 0.435 e. The second kappa shape index (κ2) is 8.67. The Balaban J connectivity index is 1.96. The van der Waals surface area contributed by atoms with Gasteiger partial charge in [-0.05, 0) is 24.6 Å². The van der Waals surface area contributed by atoms with Gasteiger partial charge in [-0.1, -0.05) is 0 Å². The van der Waals surface area contributed by atoms with Gasteiger partial charge in [-0.15, -0.1) is 0 Å². The lowest BCUT2D eigenvalue weighted by Crippen LogP contribution is -2.24. The minimum atomic E-state index is -3.23. The molecule has 3 aromatic rings. The summed E-state index contributed by atoms with van der Waals surface area (Å²) in [4.78, 5) is 24.4. The molecule has 0 saturated carbocycles.